The van der Waals surface area contributed by atoms with E-state index in [0.29, 0.717) is 5.82 Å². The number of halogens is 1. The van der Waals surface area contributed by atoms with Gasteiger partial charge in [0.15, 0.2) is 0 Å². The number of aromatic nitrogens is 3. The normalized spacial score (nSPS) is 10.9. The SMILES string of the molecule is Nc1nc(NCCc2ccc(Cl)cc2)cc(-c2cccc3ncccc23)n1. The summed E-state index contributed by atoms with van der Waals surface area (Å²) in [6.45, 7) is 0.731. The van der Waals surface area contributed by atoms with Crippen LogP contribution >= 0.6 is 11.6 Å². The topological polar surface area (TPSA) is 76.7 Å². The number of hydrogen-bond acceptors (Lipinski definition) is 5. The molecule has 0 aliphatic carbocycles. The highest BCUT2D eigenvalue weighted by Crippen LogP contribution is 2.27. The lowest BCUT2D eigenvalue weighted by atomic mass is 10.1. The van der Waals surface area contributed by atoms with Crippen molar-refractivity contribution in [1.29, 1.82) is 0 Å². The highest BCUT2D eigenvalue weighted by atomic mass is 35.5. The average Bonchev–Trinajstić information content (AvgIpc) is 2.69. The van der Waals surface area contributed by atoms with Gasteiger partial charge < -0.3 is 11.1 Å². The van der Waals surface area contributed by atoms with Crippen molar-refractivity contribution in [2.45, 2.75) is 6.42 Å². The van der Waals surface area contributed by atoms with Gasteiger partial charge in [-0.1, -0.05) is 41.9 Å². The van der Waals surface area contributed by atoms with Gasteiger partial charge in [0.2, 0.25) is 5.95 Å². The zero-order valence-electron chi connectivity index (χ0n) is 14.6. The Kier molecular flexibility index (Phi) is 4.85. The highest BCUT2D eigenvalue weighted by Gasteiger charge is 2.09. The van der Waals surface area contributed by atoms with Gasteiger partial charge in [0, 0.05) is 34.8 Å². The molecule has 0 saturated heterocycles. The van der Waals surface area contributed by atoms with E-state index in [-0.39, 0.29) is 5.95 Å². The number of nitrogen functional groups attached to an aromatic ring is 1. The number of nitrogens with zero attached hydrogens (tertiary/aromatic N) is 3. The fourth-order valence-electron chi connectivity index (χ4n) is 3.01. The third kappa shape index (κ3) is 3.99. The van der Waals surface area contributed by atoms with Gasteiger partial charge in [-0.15, -0.1) is 0 Å². The first-order chi connectivity index (χ1) is 13.2. The summed E-state index contributed by atoms with van der Waals surface area (Å²) in [5.74, 6) is 0.940. The van der Waals surface area contributed by atoms with Crippen LogP contribution in [-0.4, -0.2) is 21.5 Å². The molecule has 27 heavy (non-hydrogen) atoms. The molecule has 0 aliphatic rings. The Bertz CT molecular complexity index is 1070. The second-order valence-electron chi connectivity index (χ2n) is 6.18. The molecule has 134 valence electrons. The zero-order valence-corrected chi connectivity index (χ0v) is 15.3. The quantitative estimate of drug-likeness (QED) is 0.533. The summed E-state index contributed by atoms with van der Waals surface area (Å²) in [7, 11) is 0. The number of nitrogens with one attached hydrogen (secondary N) is 1. The molecule has 0 spiro atoms. The van der Waals surface area contributed by atoms with E-state index >= 15 is 0 Å². The highest BCUT2D eigenvalue weighted by molar-refractivity contribution is 6.30. The second-order valence-corrected chi connectivity index (χ2v) is 6.61. The molecule has 0 unspecified atom stereocenters. The molecule has 6 heteroatoms. The zero-order chi connectivity index (χ0) is 18.6. The lowest BCUT2D eigenvalue weighted by Gasteiger charge is -2.10. The molecule has 4 aromatic rings. The number of pyridine rings is 1. The van der Waals surface area contributed by atoms with E-state index in [1.807, 2.05) is 60.7 Å². The number of rotatable bonds is 5. The molecule has 0 bridgehead atoms. The molecule has 3 N–H and O–H groups in total. The van der Waals surface area contributed by atoms with Crippen molar-refractivity contribution in [2.24, 2.45) is 0 Å². The first-order valence-electron chi connectivity index (χ1n) is 8.66. The van der Waals surface area contributed by atoms with Gasteiger partial charge in [-0.05, 0) is 36.2 Å². The summed E-state index contributed by atoms with van der Waals surface area (Å²) in [6, 6.07) is 19.7. The molecule has 2 heterocycles. The third-order valence-corrected chi connectivity index (χ3v) is 4.55. The van der Waals surface area contributed by atoms with Crippen LogP contribution < -0.4 is 11.1 Å². The molecule has 2 aromatic carbocycles. The van der Waals surface area contributed by atoms with E-state index in [0.717, 1.165) is 40.1 Å². The lowest BCUT2D eigenvalue weighted by Crippen LogP contribution is -2.08. The summed E-state index contributed by atoms with van der Waals surface area (Å²) < 4.78 is 0. The smallest absolute Gasteiger partial charge is 0.222 e. The largest absolute Gasteiger partial charge is 0.370 e. The number of fused-ring (bicyclic) bond motifs is 1. The summed E-state index contributed by atoms with van der Waals surface area (Å²) in [5.41, 5.74) is 9.83. The van der Waals surface area contributed by atoms with Crippen LogP contribution in [0, 0.1) is 0 Å². The van der Waals surface area contributed by atoms with E-state index < -0.39 is 0 Å². The molecule has 0 saturated carbocycles. The number of benzene rings is 2. The summed E-state index contributed by atoms with van der Waals surface area (Å²) in [5, 5.41) is 5.10. The van der Waals surface area contributed by atoms with Gasteiger partial charge in [-0.3, -0.25) is 4.98 Å². The molecule has 0 aliphatic heterocycles. The van der Waals surface area contributed by atoms with Crippen molar-refractivity contribution >= 4 is 34.3 Å². The maximum atomic E-state index is 5.95. The van der Waals surface area contributed by atoms with E-state index in [1.54, 1.807) is 6.20 Å². The molecule has 2 aromatic heterocycles. The standard InChI is InChI=1S/C21H18ClN5/c22-15-8-6-14(7-9-15)10-12-25-20-13-19(26-21(23)27-20)17-3-1-5-18-16(17)4-2-11-24-18/h1-9,11,13H,10,12H2,(H3,23,25,26,27). The first kappa shape index (κ1) is 17.2. The summed E-state index contributed by atoms with van der Waals surface area (Å²) in [6.07, 6.45) is 2.64. The van der Waals surface area contributed by atoms with Gasteiger partial charge in [0.05, 0.1) is 11.2 Å². The summed E-state index contributed by atoms with van der Waals surface area (Å²) in [4.78, 5) is 13.1. The van der Waals surface area contributed by atoms with Crippen molar-refractivity contribution < 1.29 is 0 Å². The van der Waals surface area contributed by atoms with Crippen LogP contribution in [0.25, 0.3) is 22.2 Å². The molecule has 0 radical (unpaired) electrons. The monoisotopic (exact) mass is 375 g/mol. The van der Waals surface area contributed by atoms with Gasteiger partial charge in [-0.25, -0.2) is 4.98 Å². The van der Waals surface area contributed by atoms with Crippen molar-refractivity contribution in [1.82, 2.24) is 15.0 Å². The van der Waals surface area contributed by atoms with Crippen LogP contribution in [0.4, 0.5) is 11.8 Å². The Morgan fingerprint density at radius 1 is 0.963 bits per heavy atom. The Labute approximate surface area is 162 Å². The van der Waals surface area contributed by atoms with Crippen LogP contribution in [0.3, 0.4) is 0 Å². The molecular weight excluding hydrogens is 358 g/mol. The van der Waals surface area contributed by atoms with Crippen molar-refractivity contribution in [2.75, 3.05) is 17.6 Å². The fraction of sp³-hybridized carbons (Fsp3) is 0.0952. The Morgan fingerprint density at radius 2 is 1.81 bits per heavy atom. The average molecular weight is 376 g/mol. The van der Waals surface area contributed by atoms with E-state index in [1.165, 1.54) is 5.56 Å². The fourth-order valence-corrected chi connectivity index (χ4v) is 3.13. The molecule has 0 amide bonds. The van der Waals surface area contributed by atoms with Crippen LogP contribution in [0.2, 0.25) is 5.02 Å². The van der Waals surface area contributed by atoms with Gasteiger partial charge in [0.25, 0.3) is 0 Å². The first-order valence-corrected chi connectivity index (χ1v) is 9.04. The number of anilines is 2. The third-order valence-electron chi connectivity index (χ3n) is 4.30. The molecule has 0 fully saturated rings. The van der Waals surface area contributed by atoms with Gasteiger partial charge in [0.1, 0.15) is 5.82 Å². The minimum Gasteiger partial charge on any atom is -0.370 e. The number of nitrogens with two attached hydrogens (primary N) is 1. The van der Waals surface area contributed by atoms with Crippen LogP contribution in [0.5, 0.6) is 0 Å². The van der Waals surface area contributed by atoms with E-state index in [4.69, 9.17) is 17.3 Å². The van der Waals surface area contributed by atoms with E-state index in [9.17, 15) is 0 Å². The van der Waals surface area contributed by atoms with Gasteiger partial charge in [-0.2, -0.15) is 4.98 Å². The van der Waals surface area contributed by atoms with Crippen molar-refractivity contribution in [3.63, 3.8) is 0 Å². The number of hydrogen-bond donors (Lipinski definition) is 2. The Morgan fingerprint density at radius 3 is 2.67 bits per heavy atom. The van der Waals surface area contributed by atoms with Gasteiger partial charge >= 0.3 is 0 Å². The van der Waals surface area contributed by atoms with E-state index in [2.05, 4.69) is 20.3 Å². The second kappa shape index (κ2) is 7.60. The minimum atomic E-state index is 0.238. The van der Waals surface area contributed by atoms with Crippen LogP contribution in [-0.2, 0) is 6.42 Å². The Hall–Kier alpha value is -3.18. The van der Waals surface area contributed by atoms with Crippen LogP contribution in [0.15, 0.2) is 66.9 Å². The lowest BCUT2D eigenvalue weighted by molar-refractivity contribution is 1.00. The molecule has 4 rings (SSSR count). The molecule has 0 atom stereocenters. The maximum Gasteiger partial charge on any atom is 0.222 e. The predicted molar refractivity (Wildman–Crippen MR) is 111 cm³/mol. The van der Waals surface area contributed by atoms with Crippen molar-refractivity contribution in [3.8, 4) is 11.3 Å². The Balaban J connectivity index is 1.57. The molecular formula is C21H18ClN5. The minimum absolute atomic E-state index is 0.238. The summed E-state index contributed by atoms with van der Waals surface area (Å²) >= 11 is 5.93. The van der Waals surface area contributed by atoms with Crippen LogP contribution in [0.1, 0.15) is 5.56 Å². The molecule has 5 nitrogen and oxygen atoms in total. The maximum absolute atomic E-state index is 5.95. The predicted octanol–water partition coefficient (Wildman–Crippen LogP) is 4.58. The van der Waals surface area contributed by atoms with Crippen molar-refractivity contribution in [3.05, 3.63) is 77.4 Å².